The summed E-state index contributed by atoms with van der Waals surface area (Å²) >= 11 is 0. The van der Waals surface area contributed by atoms with Gasteiger partial charge in [-0.3, -0.25) is 10.1 Å². The number of nitrogens with zero attached hydrogens (tertiary/aromatic N) is 3. The van der Waals surface area contributed by atoms with Gasteiger partial charge >= 0.3 is 12.4 Å². The van der Waals surface area contributed by atoms with E-state index in [0.717, 1.165) is 12.1 Å². The van der Waals surface area contributed by atoms with Crippen LogP contribution in [0.1, 0.15) is 37.4 Å². The highest BCUT2D eigenvalue weighted by molar-refractivity contribution is 5.82. The van der Waals surface area contributed by atoms with Gasteiger partial charge in [-0.05, 0) is 17.9 Å². The Morgan fingerprint density at radius 2 is 1.64 bits per heavy atom. The summed E-state index contributed by atoms with van der Waals surface area (Å²) in [5.74, 6) is -0.919. The number of carbonyl (C=O) groups excluding carboxylic acids is 1. The highest BCUT2D eigenvalue weighted by atomic mass is 19.4. The lowest BCUT2D eigenvalue weighted by molar-refractivity contribution is -0.161. The van der Waals surface area contributed by atoms with Gasteiger partial charge in [0.05, 0.1) is 17.7 Å². The molecule has 0 saturated carbocycles. The van der Waals surface area contributed by atoms with E-state index < -0.39 is 35.9 Å². The predicted molar refractivity (Wildman–Crippen MR) is 106 cm³/mol. The van der Waals surface area contributed by atoms with Gasteiger partial charge in [0.15, 0.2) is 5.82 Å². The molecule has 178 valence electrons. The highest BCUT2D eigenvalue weighted by Crippen LogP contribution is 2.34. The number of benzene rings is 1. The monoisotopic (exact) mass is 473 g/mol. The van der Waals surface area contributed by atoms with Crippen LogP contribution in [0.3, 0.4) is 0 Å². The van der Waals surface area contributed by atoms with Crippen molar-refractivity contribution >= 4 is 5.91 Å². The fraction of sp³-hybridized carbons (Fsp3) is 0.429. The van der Waals surface area contributed by atoms with Crippen molar-refractivity contribution in [3.8, 4) is 17.5 Å². The molecule has 0 bridgehead atoms. The van der Waals surface area contributed by atoms with Gasteiger partial charge < -0.3 is 5.32 Å². The number of nitrogens with one attached hydrogen (secondary N) is 2. The van der Waals surface area contributed by atoms with Gasteiger partial charge in [0.2, 0.25) is 5.91 Å². The van der Waals surface area contributed by atoms with Crippen LogP contribution >= 0.6 is 0 Å². The summed E-state index contributed by atoms with van der Waals surface area (Å²) in [5, 5.41) is 13.2. The van der Waals surface area contributed by atoms with Crippen molar-refractivity contribution in [2.24, 2.45) is 5.92 Å². The van der Waals surface area contributed by atoms with Gasteiger partial charge in [0, 0.05) is 18.0 Å². The first-order valence-corrected chi connectivity index (χ1v) is 9.80. The first-order chi connectivity index (χ1) is 15.3. The second-order valence-corrected chi connectivity index (χ2v) is 7.61. The van der Waals surface area contributed by atoms with Gasteiger partial charge in [0.25, 0.3) is 0 Å². The molecule has 0 aliphatic rings. The molecule has 2 rings (SSSR count). The average molecular weight is 473 g/mol. The van der Waals surface area contributed by atoms with Crippen molar-refractivity contribution in [3.05, 3.63) is 47.8 Å². The molecule has 1 aromatic heterocycles. The number of alkyl halides is 6. The maximum absolute atomic E-state index is 13.8. The van der Waals surface area contributed by atoms with Crippen molar-refractivity contribution in [2.45, 2.75) is 44.7 Å². The molecule has 2 N–H and O–H groups in total. The molecule has 0 fully saturated rings. The lowest BCUT2D eigenvalue weighted by Gasteiger charge is -2.28. The quantitative estimate of drug-likeness (QED) is 0.438. The van der Waals surface area contributed by atoms with E-state index in [1.54, 1.807) is 19.9 Å². The second-order valence-electron chi connectivity index (χ2n) is 7.61. The first kappa shape index (κ1) is 26.1. The number of hydrogen-bond donors (Lipinski definition) is 2. The van der Waals surface area contributed by atoms with E-state index in [2.05, 4.69) is 20.6 Å². The van der Waals surface area contributed by atoms with Gasteiger partial charge in [-0.15, -0.1) is 0 Å². The Kier molecular flexibility index (Phi) is 8.38. The zero-order chi connectivity index (χ0) is 24.8. The van der Waals surface area contributed by atoms with Crippen LogP contribution in [0.25, 0.3) is 11.4 Å². The van der Waals surface area contributed by atoms with Gasteiger partial charge in [-0.1, -0.05) is 38.1 Å². The molecule has 33 heavy (non-hydrogen) atoms. The number of nitriles is 1. The van der Waals surface area contributed by atoms with Crippen LogP contribution in [0.4, 0.5) is 26.3 Å². The Hall–Kier alpha value is -3.20. The molecule has 6 nitrogen and oxygen atoms in total. The summed E-state index contributed by atoms with van der Waals surface area (Å²) in [6.07, 6.45) is -8.09. The summed E-state index contributed by atoms with van der Waals surface area (Å²) in [6, 6.07) is 3.09. The van der Waals surface area contributed by atoms with Crippen LogP contribution < -0.4 is 10.6 Å². The number of carbonyl (C=O) groups is 1. The molecule has 2 atom stereocenters. The summed E-state index contributed by atoms with van der Waals surface area (Å²) in [5.41, 5.74) is -1.03. The SMILES string of the molecule is CC(C)C[C@H](N[C@@H](c1ccc(-c2ncc(C(F)(F)F)cn2)cc1)C(F)(F)F)C(=O)NCC#N. The second kappa shape index (κ2) is 10.6. The molecule has 0 spiro atoms. The minimum atomic E-state index is -4.75. The smallest absolute Gasteiger partial charge is 0.342 e. The summed E-state index contributed by atoms with van der Waals surface area (Å²) in [7, 11) is 0. The maximum Gasteiger partial charge on any atom is 0.419 e. The largest absolute Gasteiger partial charge is 0.419 e. The summed E-state index contributed by atoms with van der Waals surface area (Å²) < 4.78 is 79.4. The van der Waals surface area contributed by atoms with Gasteiger partial charge in [0.1, 0.15) is 12.6 Å². The highest BCUT2D eigenvalue weighted by Gasteiger charge is 2.43. The van der Waals surface area contributed by atoms with Gasteiger partial charge in [-0.25, -0.2) is 9.97 Å². The Labute approximate surface area is 186 Å². The van der Waals surface area contributed by atoms with E-state index in [9.17, 15) is 31.1 Å². The van der Waals surface area contributed by atoms with Crippen LogP contribution in [-0.2, 0) is 11.0 Å². The fourth-order valence-electron chi connectivity index (χ4n) is 3.00. The Balaban J connectivity index is 2.29. The number of rotatable bonds is 8. The Morgan fingerprint density at radius 3 is 2.09 bits per heavy atom. The van der Waals surface area contributed by atoms with E-state index in [-0.39, 0.29) is 35.8 Å². The van der Waals surface area contributed by atoms with Gasteiger partial charge in [-0.2, -0.15) is 31.6 Å². The van der Waals surface area contributed by atoms with Crippen LogP contribution in [0, 0.1) is 17.2 Å². The molecule has 1 heterocycles. The first-order valence-electron chi connectivity index (χ1n) is 9.80. The Bertz CT molecular complexity index is 965. The molecular formula is C21H21F6N5O. The standard InChI is InChI=1S/C21H21F6N5O/c1-12(2)9-16(19(33)29-8-7-28)32-17(21(25,26)27)13-3-5-14(6-4-13)18-30-10-15(11-31-18)20(22,23)24/h3-6,10-12,16-17,32H,8-9H2,1-2H3,(H,29,33)/t16-,17-/m0/s1. The molecule has 0 aliphatic heterocycles. The lowest BCUT2D eigenvalue weighted by Crippen LogP contribution is -2.49. The van der Waals surface area contributed by atoms with Crippen molar-refractivity contribution in [3.63, 3.8) is 0 Å². The maximum atomic E-state index is 13.8. The molecule has 0 radical (unpaired) electrons. The predicted octanol–water partition coefficient (Wildman–Crippen LogP) is 4.41. The number of halogens is 6. The van der Waals surface area contributed by atoms with Crippen molar-refractivity contribution in [1.82, 2.24) is 20.6 Å². The molecule has 12 heteroatoms. The minimum absolute atomic E-state index is 0.0837. The van der Waals surface area contributed by atoms with E-state index in [4.69, 9.17) is 5.26 Å². The van der Waals surface area contributed by atoms with E-state index >= 15 is 0 Å². The molecule has 0 aliphatic carbocycles. The normalized spacial score (nSPS) is 13.9. The van der Waals surface area contributed by atoms with Crippen LogP contribution in [0.2, 0.25) is 0 Å². The lowest BCUT2D eigenvalue weighted by atomic mass is 9.99. The van der Waals surface area contributed by atoms with E-state index in [0.29, 0.717) is 12.4 Å². The molecule has 0 unspecified atom stereocenters. The zero-order valence-corrected chi connectivity index (χ0v) is 17.6. The number of amides is 1. The fourth-order valence-corrected chi connectivity index (χ4v) is 3.00. The number of aromatic nitrogens is 2. The molecule has 1 amide bonds. The summed E-state index contributed by atoms with van der Waals surface area (Å²) in [4.78, 5) is 19.5. The molecule has 1 aromatic carbocycles. The third-order valence-corrected chi connectivity index (χ3v) is 4.54. The average Bonchev–Trinajstić information content (AvgIpc) is 2.73. The zero-order valence-electron chi connectivity index (χ0n) is 17.6. The van der Waals surface area contributed by atoms with Crippen molar-refractivity contribution < 1.29 is 31.1 Å². The van der Waals surface area contributed by atoms with E-state index in [1.807, 2.05) is 0 Å². The third-order valence-electron chi connectivity index (χ3n) is 4.54. The summed E-state index contributed by atoms with van der Waals surface area (Å²) in [6.45, 7) is 3.15. The van der Waals surface area contributed by atoms with Crippen molar-refractivity contribution in [1.29, 1.82) is 5.26 Å². The van der Waals surface area contributed by atoms with Crippen LogP contribution in [0.5, 0.6) is 0 Å². The van der Waals surface area contributed by atoms with Crippen LogP contribution in [-0.4, -0.2) is 34.6 Å². The topological polar surface area (TPSA) is 90.7 Å². The molecular weight excluding hydrogens is 452 g/mol. The van der Waals surface area contributed by atoms with Crippen molar-refractivity contribution in [2.75, 3.05) is 6.54 Å². The third kappa shape index (κ3) is 7.42. The van der Waals surface area contributed by atoms with Crippen LogP contribution in [0.15, 0.2) is 36.7 Å². The Morgan fingerprint density at radius 1 is 1.06 bits per heavy atom. The number of hydrogen-bond acceptors (Lipinski definition) is 5. The van der Waals surface area contributed by atoms with E-state index in [1.165, 1.54) is 12.1 Å². The molecule has 2 aromatic rings. The minimum Gasteiger partial charge on any atom is -0.342 e. The molecule has 0 saturated heterocycles.